The maximum atomic E-state index is 4.86. The Morgan fingerprint density at radius 1 is 0.607 bits per heavy atom. The van der Waals surface area contributed by atoms with Crippen LogP contribution in [0.2, 0.25) is 0 Å². The van der Waals surface area contributed by atoms with Crippen molar-refractivity contribution in [2.24, 2.45) is 0 Å². The number of aromatic nitrogens is 2. The summed E-state index contributed by atoms with van der Waals surface area (Å²) in [6, 6.07) is 32.6. The molecular weight excluding hydrogens is 340 g/mol. The minimum atomic E-state index is -0.429. The van der Waals surface area contributed by atoms with E-state index in [0.29, 0.717) is 0 Å². The monoisotopic (exact) mass is 364 g/mol. The van der Waals surface area contributed by atoms with Crippen molar-refractivity contribution >= 4 is 0 Å². The predicted molar refractivity (Wildman–Crippen MR) is 113 cm³/mol. The molecule has 0 aliphatic heterocycles. The summed E-state index contributed by atoms with van der Waals surface area (Å²) in [5.41, 5.74) is 6.00. The van der Waals surface area contributed by atoms with Crippen LogP contribution in [-0.4, -0.2) is 9.55 Å². The highest BCUT2D eigenvalue weighted by Crippen LogP contribution is 2.42. The summed E-state index contributed by atoms with van der Waals surface area (Å²) in [6.45, 7) is 0. The van der Waals surface area contributed by atoms with Gasteiger partial charge < -0.3 is 4.57 Å². The molecule has 0 amide bonds. The topological polar surface area (TPSA) is 17.8 Å². The van der Waals surface area contributed by atoms with Gasteiger partial charge in [-0.25, -0.2) is 4.98 Å². The Bertz CT molecular complexity index is 953. The molecule has 28 heavy (non-hydrogen) atoms. The predicted octanol–water partition coefficient (Wildman–Crippen LogP) is 5.60. The standard InChI is InChI=1S/C26H24N2/c1-4-12-21(13-5-1)26(22-14-6-2-7-15-22,23-16-8-3-9-17-23)28-20-27-24-18-10-11-19-25(24)28/h1-9,12-17,20H,10-11,18-19H2. The minimum absolute atomic E-state index is 0.429. The fourth-order valence-electron chi connectivity index (χ4n) is 4.71. The smallest absolute Gasteiger partial charge is 0.121 e. The van der Waals surface area contributed by atoms with E-state index in [0.717, 1.165) is 12.8 Å². The lowest BCUT2D eigenvalue weighted by Gasteiger charge is -2.39. The molecule has 0 fully saturated rings. The molecular formula is C26H24N2. The van der Waals surface area contributed by atoms with Gasteiger partial charge in [-0.1, -0.05) is 91.0 Å². The van der Waals surface area contributed by atoms with Gasteiger partial charge in [0, 0.05) is 5.69 Å². The molecule has 3 aromatic carbocycles. The highest BCUT2D eigenvalue weighted by atomic mass is 15.1. The zero-order valence-corrected chi connectivity index (χ0v) is 16.0. The number of rotatable bonds is 4. The van der Waals surface area contributed by atoms with E-state index in [1.807, 2.05) is 0 Å². The van der Waals surface area contributed by atoms with E-state index >= 15 is 0 Å². The molecule has 0 radical (unpaired) electrons. The number of hydrogen-bond donors (Lipinski definition) is 0. The lowest BCUT2D eigenvalue weighted by atomic mass is 9.76. The van der Waals surface area contributed by atoms with Crippen molar-refractivity contribution in [3.63, 3.8) is 0 Å². The van der Waals surface area contributed by atoms with Crippen LogP contribution in [0.3, 0.4) is 0 Å². The zero-order valence-electron chi connectivity index (χ0n) is 16.0. The van der Waals surface area contributed by atoms with Gasteiger partial charge in [0.1, 0.15) is 5.54 Å². The van der Waals surface area contributed by atoms with Crippen LogP contribution in [-0.2, 0) is 18.4 Å². The van der Waals surface area contributed by atoms with Crippen molar-refractivity contribution in [3.05, 3.63) is 125 Å². The lowest BCUT2D eigenvalue weighted by molar-refractivity contribution is 0.483. The SMILES string of the molecule is c1ccc(C(c2ccccc2)(c2ccccc2)n2cnc3c2CCCC3)cc1. The van der Waals surface area contributed by atoms with Gasteiger partial charge >= 0.3 is 0 Å². The molecule has 0 atom stereocenters. The van der Waals surface area contributed by atoms with E-state index in [1.165, 1.54) is 40.9 Å². The third-order valence-electron chi connectivity index (χ3n) is 5.97. The molecule has 0 saturated heterocycles. The number of hydrogen-bond acceptors (Lipinski definition) is 1. The first-order chi connectivity index (χ1) is 13.9. The number of aryl methyl sites for hydroxylation is 1. The van der Waals surface area contributed by atoms with E-state index in [2.05, 4.69) is 102 Å². The van der Waals surface area contributed by atoms with E-state index in [9.17, 15) is 0 Å². The molecule has 0 unspecified atom stereocenters. The molecule has 138 valence electrons. The van der Waals surface area contributed by atoms with Crippen molar-refractivity contribution < 1.29 is 0 Å². The van der Waals surface area contributed by atoms with Crippen LogP contribution in [0.4, 0.5) is 0 Å². The summed E-state index contributed by atoms with van der Waals surface area (Å²) in [5, 5.41) is 0. The van der Waals surface area contributed by atoms with Crippen molar-refractivity contribution in [1.29, 1.82) is 0 Å². The highest BCUT2D eigenvalue weighted by Gasteiger charge is 2.40. The third kappa shape index (κ3) is 2.60. The molecule has 1 heterocycles. The molecule has 0 saturated carbocycles. The van der Waals surface area contributed by atoms with Gasteiger partial charge in [-0.15, -0.1) is 0 Å². The fourth-order valence-corrected chi connectivity index (χ4v) is 4.71. The normalized spacial score (nSPS) is 13.9. The maximum absolute atomic E-state index is 4.86. The molecule has 1 aliphatic rings. The summed E-state index contributed by atoms with van der Waals surface area (Å²) < 4.78 is 2.45. The number of nitrogens with zero attached hydrogens (tertiary/aromatic N) is 2. The summed E-state index contributed by atoms with van der Waals surface area (Å²) >= 11 is 0. The Morgan fingerprint density at radius 2 is 1.07 bits per heavy atom. The molecule has 1 aromatic heterocycles. The van der Waals surface area contributed by atoms with Crippen LogP contribution in [0, 0.1) is 0 Å². The first kappa shape index (κ1) is 17.0. The van der Waals surface area contributed by atoms with Crippen LogP contribution in [0.15, 0.2) is 97.3 Å². The summed E-state index contributed by atoms with van der Waals surface area (Å²) in [7, 11) is 0. The Labute approximate surface area is 166 Å². The average Bonchev–Trinajstić information content (AvgIpc) is 3.21. The minimum Gasteiger partial charge on any atom is -0.316 e. The Balaban J connectivity index is 1.90. The number of fused-ring (bicyclic) bond motifs is 1. The van der Waals surface area contributed by atoms with Gasteiger partial charge in [-0.3, -0.25) is 0 Å². The second-order valence-electron chi connectivity index (χ2n) is 7.52. The van der Waals surface area contributed by atoms with Crippen LogP contribution in [0.1, 0.15) is 40.9 Å². The summed E-state index contributed by atoms with van der Waals surface area (Å²) in [6.07, 6.45) is 6.70. The molecule has 5 rings (SSSR count). The van der Waals surface area contributed by atoms with E-state index < -0.39 is 5.54 Å². The van der Waals surface area contributed by atoms with E-state index in [-0.39, 0.29) is 0 Å². The third-order valence-corrected chi connectivity index (χ3v) is 5.97. The quantitative estimate of drug-likeness (QED) is 0.431. The van der Waals surface area contributed by atoms with Crippen LogP contribution < -0.4 is 0 Å². The zero-order chi connectivity index (χ0) is 18.8. The van der Waals surface area contributed by atoms with Crippen molar-refractivity contribution in [2.45, 2.75) is 31.2 Å². The largest absolute Gasteiger partial charge is 0.316 e. The first-order valence-electron chi connectivity index (χ1n) is 10.1. The average molecular weight is 364 g/mol. The van der Waals surface area contributed by atoms with Gasteiger partial charge in [0.05, 0.1) is 12.0 Å². The Morgan fingerprint density at radius 3 is 1.57 bits per heavy atom. The Kier molecular flexibility index (Phi) is 4.32. The summed E-state index contributed by atoms with van der Waals surface area (Å²) in [4.78, 5) is 4.86. The fraction of sp³-hybridized carbons (Fsp3) is 0.192. The molecule has 0 N–H and O–H groups in total. The van der Waals surface area contributed by atoms with Crippen LogP contribution in [0.5, 0.6) is 0 Å². The van der Waals surface area contributed by atoms with Gasteiger partial charge in [0.15, 0.2) is 0 Å². The molecule has 1 aliphatic carbocycles. The van der Waals surface area contributed by atoms with Crippen molar-refractivity contribution in [1.82, 2.24) is 9.55 Å². The lowest BCUT2D eigenvalue weighted by Crippen LogP contribution is -2.38. The highest BCUT2D eigenvalue weighted by molar-refractivity contribution is 5.51. The number of imidazole rings is 1. The van der Waals surface area contributed by atoms with Crippen molar-refractivity contribution in [3.8, 4) is 0 Å². The van der Waals surface area contributed by atoms with Gasteiger partial charge in [0.2, 0.25) is 0 Å². The molecule has 0 spiro atoms. The first-order valence-corrected chi connectivity index (χ1v) is 10.1. The van der Waals surface area contributed by atoms with Gasteiger partial charge in [-0.2, -0.15) is 0 Å². The maximum Gasteiger partial charge on any atom is 0.121 e. The van der Waals surface area contributed by atoms with E-state index in [4.69, 9.17) is 4.98 Å². The van der Waals surface area contributed by atoms with Gasteiger partial charge in [0.25, 0.3) is 0 Å². The van der Waals surface area contributed by atoms with Crippen LogP contribution in [0.25, 0.3) is 0 Å². The second-order valence-corrected chi connectivity index (χ2v) is 7.52. The molecule has 0 bridgehead atoms. The van der Waals surface area contributed by atoms with E-state index in [1.54, 1.807) is 0 Å². The Hall–Kier alpha value is -3.13. The molecule has 2 heteroatoms. The van der Waals surface area contributed by atoms with Gasteiger partial charge in [-0.05, 0) is 42.4 Å². The summed E-state index contributed by atoms with van der Waals surface area (Å²) in [5.74, 6) is 0. The van der Waals surface area contributed by atoms with Crippen LogP contribution >= 0.6 is 0 Å². The van der Waals surface area contributed by atoms with Crippen molar-refractivity contribution in [2.75, 3.05) is 0 Å². The molecule has 4 aromatic rings. The second kappa shape index (κ2) is 7.12. The molecule has 2 nitrogen and oxygen atoms in total. The number of benzene rings is 3.